The zero-order valence-electron chi connectivity index (χ0n) is 9.96. The molecular weight excluding hydrogens is 235 g/mol. The standard InChI is InChI=1S/C13H15FN2S/c1-3-13-16-12(8-17-13)7-15-11-5-9(2)4-10(14)6-11/h4-6,8,15H,3,7H2,1-2H3. The van der Waals surface area contributed by atoms with Gasteiger partial charge in [-0.15, -0.1) is 11.3 Å². The number of hydrogen-bond acceptors (Lipinski definition) is 3. The Labute approximate surface area is 105 Å². The van der Waals surface area contributed by atoms with Crippen LogP contribution in [0, 0.1) is 12.7 Å². The van der Waals surface area contributed by atoms with Gasteiger partial charge in [-0.2, -0.15) is 0 Å². The minimum atomic E-state index is -0.208. The molecule has 2 aromatic rings. The summed E-state index contributed by atoms with van der Waals surface area (Å²) in [4.78, 5) is 4.45. The molecule has 0 amide bonds. The van der Waals surface area contributed by atoms with E-state index in [2.05, 4.69) is 17.2 Å². The fourth-order valence-electron chi connectivity index (χ4n) is 1.62. The van der Waals surface area contributed by atoms with Crippen LogP contribution in [0.15, 0.2) is 23.6 Å². The maximum Gasteiger partial charge on any atom is 0.125 e. The number of rotatable bonds is 4. The van der Waals surface area contributed by atoms with E-state index >= 15 is 0 Å². The van der Waals surface area contributed by atoms with Crippen LogP contribution in [0.4, 0.5) is 10.1 Å². The van der Waals surface area contributed by atoms with Crippen LogP contribution in [-0.4, -0.2) is 4.98 Å². The Hall–Kier alpha value is -1.42. The number of nitrogens with zero attached hydrogens (tertiary/aromatic N) is 1. The van der Waals surface area contributed by atoms with Gasteiger partial charge in [-0.25, -0.2) is 9.37 Å². The van der Waals surface area contributed by atoms with Gasteiger partial charge in [-0.3, -0.25) is 0 Å². The van der Waals surface area contributed by atoms with Crippen molar-refractivity contribution in [1.29, 1.82) is 0 Å². The van der Waals surface area contributed by atoms with Crippen molar-refractivity contribution in [2.45, 2.75) is 26.8 Å². The van der Waals surface area contributed by atoms with Crippen LogP contribution < -0.4 is 5.32 Å². The monoisotopic (exact) mass is 250 g/mol. The lowest BCUT2D eigenvalue weighted by atomic mass is 10.2. The Morgan fingerprint density at radius 3 is 2.82 bits per heavy atom. The van der Waals surface area contributed by atoms with Gasteiger partial charge in [-0.1, -0.05) is 6.92 Å². The highest BCUT2D eigenvalue weighted by atomic mass is 32.1. The number of aromatic nitrogens is 1. The number of aryl methyl sites for hydroxylation is 2. The molecule has 0 fully saturated rings. The summed E-state index contributed by atoms with van der Waals surface area (Å²) in [7, 11) is 0. The van der Waals surface area contributed by atoms with E-state index in [1.165, 1.54) is 12.1 Å². The molecule has 0 aliphatic rings. The Bertz CT molecular complexity index is 488. The summed E-state index contributed by atoms with van der Waals surface area (Å²) in [5.74, 6) is -0.208. The molecule has 0 atom stereocenters. The van der Waals surface area contributed by atoms with Gasteiger partial charge in [0, 0.05) is 11.1 Å². The Morgan fingerprint density at radius 2 is 2.18 bits per heavy atom. The highest BCUT2D eigenvalue weighted by molar-refractivity contribution is 7.09. The summed E-state index contributed by atoms with van der Waals surface area (Å²) in [6.45, 7) is 4.61. The zero-order chi connectivity index (χ0) is 12.3. The molecule has 4 heteroatoms. The van der Waals surface area contributed by atoms with Gasteiger partial charge >= 0.3 is 0 Å². The van der Waals surface area contributed by atoms with E-state index in [4.69, 9.17) is 0 Å². The lowest BCUT2D eigenvalue weighted by Crippen LogP contribution is -2.00. The molecule has 2 rings (SSSR count). The molecule has 0 aliphatic heterocycles. The molecule has 1 aromatic carbocycles. The predicted octanol–water partition coefficient (Wildman–Crippen LogP) is 3.77. The average Bonchev–Trinajstić information content (AvgIpc) is 2.73. The third kappa shape index (κ3) is 3.27. The van der Waals surface area contributed by atoms with E-state index in [-0.39, 0.29) is 5.82 Å². The number of anilines is 1. The number of benzene rings is 1. The molecule has 2 nitrogen and oxygen atoms in total. The van der Waals surface area contributed by atoms with Gasteiger partial charge in [0.15, 0.2) is 0 Å². The molecule has 0 radical (unpaired) electrons. The van der Waals surface area contributed by atoms with E-state index < -0.39 is 0 Å². The van der Waals surface area contributed by atoms with Gasteiger partial charge in [0.05, 0.1) is 17.2 Å². The summed E-state index contributed by atoms with van der Waals surface area (Å²) in [5.41, 5.74) is 2.72. The quantitative estimate of drug-likeness (QED) is 0.893. The molecule has 1 aromatic heterocycles. The second-order valence-electron chi connectivity index (χ2n) is 3.96. The Morgan fingerprint density at radius 1 is 1.35 bits per heavy atom. The fourth-order valence-corrected chi connectivity index (χ4v) is 2.37. The summed E-state index contributed by atoms with van der Waals surface area (Å²) in [6.07, 6.45) is 0.962. The van der Waals surface area contributed by atoms with Crippen molar-refractivity contribution >= 4 is 17.0 Å². The maximum absolute atomic E-state index is 13.2. The molecule has 0 aliphatic carbocycles. The largest absolute Gasteiger partial charge is 0.379 e. The van der Waals surface area contributed by atoms with Crippen LogP contribution in [-0.2, 0) is 13.0 Å². The second-order valence-corrected chi connectivity index (χ2v) is 4.90. The van der Waals surface area contributed by atoms with Crippen molar-refractivity contribution in [3.8, 4) is 0 Å². The van der Waals surface area contributed by atoms with E-state index in [1.54, 1.807) is 11.3 Å². The fraction of sp³-hybridized carbons (Fsp3) is 0.308. The van der Waals surface area contributed by atoms with Crippen LogP contribution >= 0.6 is 11.3 Å². The van der Waals surface area contributed by atoms with E-state index in [0.29, 0.717) is 6.54 Å². The van der Waals surface area contributed by atoms with Crippen LogP contribution in [0.1, 0.15) is 23.2 Å². The van der Waals surface area contributed by atoms with Gasteiger partial charge in [0.1, 0.15) is 5.82 Å². The molecule has 0 saturated heterocycles. The average molecular weight is 250 g/mol. The summed E-state index contributed by atoms with van der Waals surface area (Å²) >= 11 is 1.67. The van der Waals surface area contributed by atoms with Crippen LogP contribution in [0.25, 0.3) is 0 Å². The number of halogens is 1. The van der Waals surface area contributed by atoms with E-state index in [1.807, 2.05) is 18.4 Å². The normalized spacial score (nSPS) is 10.5. The van der Waals surface area contributed by atoms with Crippen molar-refractivity contribution in [2.75, 3.05) is 5.32 Å². The maximum atomic E-state index is 13.2. The molecule has 0 saturated carbocycles. The van der Waals surface area contributed by atoms with Crippen molar-refractivity contribution < 1.29 is 4.39 Å². The lowest BCUT2D eigenvalue weighted by molar-refractivity contribution is 0.627. The van der Waals surface area contributed by atoms with Crippen molar-refractivity contribution in [2.24, 2.45) is 0 Å². The smallest absolute Gasteiger partial charge is 0.125 e. The number of nitrogens with one attached hydrogen (secondary N) is 1. The van der Waals surface area contributed by atoms with Crippen molar-refractivity contribution in [3.63, 3.8) is 0 Å². The van der Waals surface area contributed by atoms with Crippen LogP contribution in [0.5, 0.6) is 0 Å². The van der Waals surface area contributed by atoms with E-state index in [9.17, 15) is 4.39 Å². The first-order valence-corrected chi connectivity index (χ1v) is 6.49. The molecule has 0 bridgehead atoms. The first-order chi connectivity index (χ1) is 8.17. The summed E-state index contributed by atoms with van der Waals surface area (Å²) in [5, 5.41) is 6.36. The molecule has 1 N–H and O–H groups in total. The minimum Gasteiger partial charge on any atom is -0.379 e. The third-order valence-electron chi connectivity index (χ3n) is 2.42. The molecule has 90 valence electrons. The molecular formula is C13H15FN2S. The minimum absolute atomic E-state index is 0.208. The van der Waals surface area contributed by atoms with Gasteiger partial charge in [0.25, 0.3) is 0 Å². The Kier molecular flexibility index (Phi) is 3.74. The van der Waals surface area contributed by atoms with Crippen molar-refractivity contribution in [3.05, 3.63) is 45.7 Å². The molecule has 17 heavy (non-hydrogen) atoms. The highest BCUT2D eigenvalue weighted by Crippen LogP contribution is 2.15. The van der Waals surface area contributed by atoms with Crippen LogP contribution in [0.2, 0.25) is 0 Å². The number of hydrogen-bond donors (Lipinski definition) is 1. The lowest BCUT2D eigenvalue weighted by Gasteiger charge is -2.05. The number of thiazole rings is 1. The molecule has 1 heterocycles. The predicted molar refractivity (Wildman–Crippen MR) is 70.0 cm³/mol. The topological polar surface area (TPSA) is 24.9 Å². The second kappa shape index (κ2) is 5.27. The molecule has 0 spiro atoms. The summed E-state index contributed by atoms with van der Waals surface area (Å²) in [6, 6.07) is 4.94. The van der Waals surface area contributed by atoms with Crippen LogP contribution in [0.3, 0.4) is 0 Å². The van der Waals surface area contributed by atoms with E-state index in [0.717, 1.165) is 28.4 Å². The zero-order valence-corrected chi connectivity index (χ0v) is 10.8. The summed E-state index contributed by atoms with van der Waals surface area (Å²) < 4.78 is 13.2. The molecule has 0 unspecified atom stereocenters. The van der Waals surface area contributed by atoms with Gasteiger partial charge in [0.2, 0.25) is 0 Å². The first-order valence-electron chi connectivity index (χ1n) is 5.61. The Balaban J connectivity index is 2.01. The van der Waals surface area contributed by atoms with Gasteiger partial charge in [-0.05, 0) is 37.1 Å². The van der Waals surface area contributed by atoms with Crippen molar-refractivity contribution in [1.82, 2.24) is 4.98 Å². The SMILES string of the molecule is CCc1nc(CNc2cc(C)cc(F)c2)cs1. The third-order valence-corrected chi connectivity index (χ3v) is 3.46. The van der Waals surface area contributed by atoms with Gasteiger partial charge < -0.3 is 5.32 Å². The highest BCUT2D eigenvalue weighted by Gasteiger charge is 2.01. The first kappa shape index (κ1) is 12.0.